The molecule has 2 aromatic carbocycles. The van der Waals surface area contributed by atoms with Crippen molar-refractivity contribution in [2.45, 2.75) is 13.8 Å². The van der Waals surface area contributed by atoms with Crippen LogP contribution in [0.1, 0.15) is 23.0 Å². The predicted molar refractivity (Wildman–Crippen MR) is 90.7 cm³/mol. The molecule has 0 saturated carbocycles. The predicted octanol–water partition coefficient (Wildman–Crippen LogP) is 4.94. The number of hydrogen-bond donors (Lipinski definition) is 2. The first-order valence-electron chi connectivity index (χ1n) is 7.26. The minimum Gasteiger partial charge on any atom is -0.364 e. The number of carbonyl (C=O) groups excluding carboxylic acids is 1. The summed E-state index contributed by atoms with van der Waals surface area (Å²) in [6.45, 7) is 3.53. The maximum Gasteiger partial charge on any atom is 0.162 e. The SMILES string of the molecule is CC(=O)c1c(-c2cccc(Nc3ccccc3)c2)c[nH]c1C. The Morgan fingerprint density at radius 1 is 1.00 bits per heavy atom. The Balaban J connectivity index is 1.97. The third kappa shape index (κ3) is 2.79. The van der Waals surface area contributed by atoms with Gasteiger partial charge in [-0.1, -0.05) is 30.3 Å². The van der Waals surface area contributed by atoms with Crippen LogP contribution in [0, 0.1) is 6.92 Å². The van der Waals surface area contributed by atoms with Gasteiger partial charge in [0.25, 0.3) is 0 Å². The summed E-state index contributed by atoms with van der Waals surface area (Å²) < 4.78 is 0. The number of nitrogens with one attached hydrogen (secondary N) is 2. The highest BCUT2D eigenvalue weighted by Gasteiger charge is 2.14. The van der Waals surface area contributed by atoms with Gasteiger partial charge in [0, 0.05) is 34.4 Å². The number of para-hydroxylation sites is 1. The number of aromatic nitrogens is 1. The zero-order valence-corrected chi connectivity index (χ0v) is 12.7. The monoisotopic (exact) mass is 290 g/mol. The smallest absolute Gasteiger partial charge is 0.162 e. The molecule has 3 aromatic rings. The van der Waals surface area contributed by atoms with Gasteiger partial charge in [0.2, 0.25) is 0 Å². The summed E-state index contributed by atoms with van der Waals surface area (Å²) in [5.41, 5.74) is 5.67. The fraction of sp³-hybridized carbons (Fsp3) is 0.105. The van der Waals surface area contributed by atoms with Gasteiger partial charge in [-0.15, -0.1) is 0 Å². The van der Waals surface area contributed by atoms with Crippen molar-refractivity contribution in [3.63, 3.8) is 0 Å². The molecule has 1 aromatic heterocycles. The number of anilines is 2. The van der Waals surface area contributed by atoms with E-state index in [-0.39, 0.29) is 5.78 Å². The Labute approximate surface area is 130 Å². The summed E-state index contributed by atoms with van der Waals surface area (Å²) in [6, 6.07) is 18.1. The highest BCUT2D eigenvalue weighted by molar-refractivity contribution is 6.02. The van der Waals surface area contributed by atoms with Gasteiger partial charge in [0.15, 0.2) is 5.78 Å². The quantitative estimate of drug-likeness (QED) is 0.669. The molecule has 0 fully saturated rings. The zero-order valence-electron chi connectivity index (χ0n) is 12.7. The Hall–Kier alpha value is -2.81. The number of aryl methyl sites for hydroxylation is 1. The van der Waals surface area contributed by atoms with Gasteiger partial charge in [0.05, 0.1) is 0 Å². The number of hydrogen-bond acceptors (Lipinski definition) is 2. The number of aromatic amines is 1. The van der Waals surface area contributed by atoms with Crippen molar-refractivity contribution in [2.24, 2.45) is 0 Å². The number of rotatable bonds is 4. The maximum atomic E-state index is 11.9. The third-order valence-corrected chi connectivity index (χ3v) is 3.67. The van der Waals surface area contributed by atoms with Crippen molar-refractivity contribution in [1.29, 1.82) is 0 Å². The van der Waals surface area contributed by atoms with Crippen LogP contribution in [-0.4, -0.2) is 10.8 Å². The van der Waals surface area contributed by atoms with Crippen LogP contribution in [0.4, 0.5) is 11.4 Å². The first-order valence-corrected chi connectivity index (χ1v) is 7.26. The molecule has 22 heavy (non-hydrogen) atoms. The number of ketones is 1. The van der Waals surface area contributed by atoms with Crippen molar-refractivity contribution in [3.05, 3.63) is 72.1 Å². The molecular weight excluding hydrogens is 272 g/mol. The maximum absolute atomic E-state index is 11.9. The molecule has 0 aliphatic rings. The summed E-state index contributed by atoms with van der Waals surface area (Å²) in [6.07, 6.45) is 1.90. The molecule has 0 saturated heterocycles. The lowest BCUT2D eigenvalue weighted by Gasteiger charge is -2.09. The first kappa shape index (κ1) is 14.1. The van der Waals surface area contributed by atoms with Gasteiger partial charge in [0.1, 0.15) is 0 Å². The number of Topliss-reactive ketones (excluding diaryl/α,β-unsaturated/α-hetero) is 1. The van der Waals surface area contributed by atoms with Gasteiger partial charge in [-0.05, 0) is 43.7 Å². The zero-order chi connectivity index (χ0) is 15.5. The molecule has 3 heteroatoms. The summed E-state index contributed by atoms with van der Waals surface area (Å²) in [7, 11) is 0. The second kappa shape index (κ2) is 5.90. The van der Waals surface area contributed by atoms with E-state index in [4.69, 9.17) is 0 Å². The lowest BCUT2D eigenvalue weighted by Crippen LogP contribution is -1.96. The molecule has 0 atom stereocenters. The molecule has 0 amide bonds. The number of benzene rings is 2. The van der Waals surface area contributed by atoms with Gasteiger partial charge >= 0.3 is 0 Å². The summed E-state index contributed by atoms with van der Waals surface area (Å²) >= 11 is 0. The van der Waals surface area contributed by atoms with E-state index in [1.54, 1.807) is 6.92 Å². The minimum atomic E-state index is 0.0789. The van der Waals surface area contributed by atoms with Crippen LogP contribution in [0.2, 0.25) is 0 Å². The molecule has 2 N–H and O–H groups in total. The van der Waals surface area contributed by atoms with Crippen molar-refractivity contribution in [3.8, 4) is 11.1 Å². The van der Waals surface area contributed by atoms with Crippen LogP contribution < -0.4 is 5.32 Å². The Morgan fingerprint density at radius 3 is 2.45 bits per heavy atom. The number of carbonyl (C=O) groups is 1. The van der Waals surface area contributed by atoms with Crippen LogP contribution in [-0.2, 0) is 0 Å². The van der Waals surface area contributed by atoms with E-state index in [0.717, 1.165) is 33.8 Å². The molecular formula is C19H18N2O. The lowest BCUT2D eigenvalue weighted by molar-refractivity contribution is 0.101. The highest BCUT2D eigenvalue weighted by atomic mass is 16.1. The third-order valence-electron chi connectivity index (χ3n) is 3.67. The fourth-order valence-electron chi connectivity index (χ4n) is 2.66. The molecule has 0 aliphatic heterocycles. The van der Waals surface area contributed by atoms with Crippen LogP contribution in [0.5, 0.6) is 0 Å². The highest BCUT2D eigenvalue weighted by Crippen LogP contribution is 2.29. The van der Waals surface area contributed by atoms with Crippen molar-refractivity contribution in [1.82, 2.24) is 4.98 Å². The average Bonchev–Trinajstić information content (AvgIpc) is 2.90. The molecule has 1 heterocycles. The van der Waals surface area contributed by atoms with Crippen molar-refractivity contribution in [2.75, 3.05) is 5.32 Å². The average molecular weight is 290 g/mol. The molecule has 110 valence electrons. The Kier molecular flexibility index (Phi) is 3.79. The van der Waals surface area contributed by atoms with Crippen molar-refractivity contribution >= 4 is 17.2 Å². The molecule has 0 aliphatic carbocycles. The van der Waals surface area contributed by atoms with E-state index in [9.17, 15) is 4.79 Å². The van der Waals surface area contributed by atoms with Gasteiger partial charge in [-0.25, -0.2) is 0 Å². The first-order chi connectivity index (χ1) is 10.6. The minimum absolute atomic E-state index is 0.0789. The van der Waals surface area contributed by atoms with Crippen molar-refractivity contribution < 1.29 is 4.79 Å². The largest absolute Gasteiger partial charge is 0.364 e. The molecule has 3 nitrogen and oxygen atoms in total. The fourth-order valence-corrected chi connectivity index (χ4v) is 2.66. The van der Waals surface area contributed by atoms with Crippen LogP contribution in [0.15, 0.2) is 60.8 Å². The summed E-state index contributed by atoms with van der Waals surface area (Å²) in [5, 5.41) is 3.37. The second-order valence-corrected chi connectivity index (χ2v) is 5.33. The van der Waals surface area contributed by atoms with E-state index in [2.05, 4.69) is 16.4 Å². The van der Waals surface area contributed by atoms with Crippen LogP contribution in [0.3, 0.4) is 0 Å². The molecule has 0 unspecified atom stereocenters. The number of H-pyrrole nitrogens is 1. The normalized spacial score (nSPS) is 10.5. The standard InChI is InChI=1S/C19H18N2O/c1-13-19(14(2)22)18(12-20-13)15-7-6-10-17(11-15)21-16-8-4-3-5-9-16/h3-12,20-21H,1-2H3. The Morgan fingerprint density at radius 2 is 1.73 bits per heavy atom. The van der Waals surface area contributed by atoms with E-state index in [1.807, 2.05) is 61.7 Å². The molecule has 0 spiro atoms. The molecule has 0 radical (unpaired) electrons. The van der Waals surface area contributed by atoms with E-state index >= 15 is 0 Å². The second-order valence-electron chi connectivity index (χ2n) is 5.33. The molecule has 0 bridgehead atoms. The van der Waals surface area contributed by atoms with Gasteiger partial charge in [-0.2, -0.15) is 0 Å². The van der Waals surface area contributed by atoms with E-state index in [0.29, 0.717) is 0 Å². The summed E-state index contributed by atoms with van der Waals surface area (Å²) in [5.74, 6) is 0.0789. The summed E-state index contributed by atoms with van der Waals surface area (Å²) in [4.78, 5) is 15.0. The van der Waals surface area contributed by atoms with Crippen LogP contribution in [0.25, 0.3) is 11.1 Å². The lowest BCUT2D eigenvalue weighted by atomic mass is 10.00. The Bertz CT molecular complexity index is 803. The molecule has 3 rings (SSSR count). The topological polar surface area (TPSA) is 44.9 Å². The van der Waals surface area contributed by atoms with Crippen LogP contribution >= 0.6 is 0 Å². The van der Waals surface area contributed by atoms with E-state index < -0.39 is 0 Å². The van der Waals surface area contributed by atoms with Gasteiger partial charge in [-0.3, -0.25) is 4.79 Å². The van der Waals surface area contributed by atoms with E-state index in [1.165, 1.54) is 0 Å². The van der Waals surface area contributed by atoms with Gasteiger partial charge < -0.3 is 10.3 Å².